The Balaban J connectivity index is 1.66. The van der Waals surface area contributed by atoms with Crippen LogP contribution in [0.2, 0.25) is 0 Å². The van der Waals surface area contributed by atoms with Crippen molar-refractivity contribution >= 4 is 5.69 Å². The zero-order valence-electron chi connectivity index (χ0n) is 11.3. The van der Waals surface area contributed by atoms with E-state index in [1.165, 1.54) is 0 Å². The highest BCUT2D eigenvalue weighted by molar-refractivity contribution is 5.55. The molecule has 5 nitrogen and oxygen atoms in total. The normalized spacial score (nSPS) is 13.3. The molecule has 0 fully saturated rings. The number of benzene rings is 1. The summed E-state index contributed by atoms with van der Waals surface area (Å²) in [5.74, 6) is 1.63. The van der Waals surface area contributed by atoms with E-state index in [0.717, 1.165) is 36.8 Å². The lowest BCUT2D eigenvalue weighted by atomic mass is 10.2. The molecule has 1 aromatic rings. The first-order valence-electron chi connectivity index (χ1n) is 6.60. The van der Waals surface area contributed by atoms with Gasteiger partial charge in [-0.15, -0.1) is 0 Å². The standard InChI is InChI=1S/C14H21NO4/c1-16-7-8-17-6-2-5-15-12-3-4-13-14(11-12)19-10-9-18-13/h3-4,11,15H,2,5-10H2,1H3. The predicted octanol–water partition coefficient (Wildman–Crippen LogP) is 1.92. The smallest absolute Gasteiger partial charge is 0.163 e. The van der Waals surface area contributed by atoms with E-state index in [1.807, 2.05) is 18.2 Å². The Morgan fingerprint density at radius 3 is 2.79 bits per heavy atom. The highest BCUT2D eigenvalue weighted by atomic mass is 16.6. The molecule has 2 rings (SSSR count). The van der Waals surface area contributed by atoms with E-state index in [9.17, 15) is 0 Å². The first-order valence-corrected chi connectivity index (χ1v) is 6.60. The number of ether oxygens (including phenoxy) is 4. The van der Waals surface area contributed by atoms with Crippen molar-refractivity contribution in [2.45, 2.75) is 6.42 Å². The maximum atomic E-state index is 5.53. The van der Waals surface area contributed by atoms with Crippen LogP contribution in [0.1, 0.15) is 6.42 Å². The lowest BCUT2D eigenvalue weighted by Crippen LogP contribution is -2.15. The zero-order chi connectivity index (χ0) is 13.3. The molecule has 1 aromatic carbocycles. The monoisotopic (exact) mass is 267 g/mol. The fraction of sp³-hybridized carbons (Fsp3) is 0.571. The number of nitrogens with one attached hydrogen (secondary N) is 1. The second-order valence-corrected chi connectivity index (χ2v) is 4.24. The van der Waals surface area contributed by atoms with Crippen LogP contribution in [0, 0.1) is 0 Å². The van der Waals surface area contributed by atoms with Gasteiger partial charge < -0.3 is 24.3 Å². The van der Waals surface area contributed by atoms with Gasteiger partial charge in [0.25, 0.3) is 0 Å². The largest absolute Gasteiger partial charge is 0.486 e. The van der Waals surface area contributed by atoms with Crippen molar-refractivity contribution in [1.82, 2.24) is 0 Å². The maximum absolute atomic E-state index is 5.53. The van der Waals surface area contributed by atoms with Crippen LogP contribution in [-0.4, -0.2) is 46.7 Å². The summed E-state index contributed by atoms with van der Waals surface area (Å²) in [6, 6.07) is 5.91. The van der Waals surface area contributed by atoms with Crippen LogP contribution in [0.4, 0.5) is 5.69 Å². The van der Waals surface area contributed by atoms with Gasteiger partial charge in [-0.1, -0.05) is 0 Å². The molecule has 5 heteroatoms. The van der Waals surface area contributed by atoms with E-state index >= 15 is 0 Å². The number of rotatable bonds is 8. The van der Waals surface area contributed by atoms with Crippen LogP contribution in [0.15, 0.2) is 18.2 Å². The van der Waals surface area contributed by atoms with Crippen LogP contribution in [-0.2, 0) is 9.47 Å². The van der Waals surface area contributed by atoms with E-state index < -0.39 is 0 Å². The second-order valence-electron chi connectivity index (χ2n) is 4.24. The van der Waals surface area contributed by atoms with Crippen LogP contribution in [0.25, 0.3) is 0 Å². The van der Waals surface area contributed by atoms with E-state index in [1.54, 1.807) is 7.11 Å². The van der Waals surface area contributed by atoms with E-state index in [-0.39, 0.29) is 0 Å². The third-order valence-electron chi connectivity index (χ3n) is 2.77. The molecule has 0 aliphatic carbocycles. The molecule has 1 aliphatic rings. The van der Waals surface area contributed by atoms with Gasteiger partial charge in [-0.05, 0) is 18.6 Å². The van der Waals surface area contributed by atoms with Crippen molar-refractivity contribution in [3.8, 4) is 11.5 Å². The number of anilines is 1. The van der Waals surface area contributed by atoms with E-state index in [0.29, 0.717) is 26.4 Å². The summed E-state index contributed by atoms with van der Waals surface area (Å²) in [7, 11) is 1.67. The van der Waals surface area contributed by atoms with Gasteiger partial charge in [0, 0.05) is 32.0 Å². The molecule has 1 aliphatic heterocycles. The fourth-order valence-corrected chi connectivity index (χ4v) is 1.80. The number of methoxy groups -OCH3 is 1. The summed E-state index contributed by atoms with van der Waals surface area (Å²) in [5.41, 5.74) is 1.04. The Bertz CT molecular complexity index is 384. The molecule has 0 saturated heterocycles. The summed E-state index contributed by atoms with van der Waals surface area (Å²) in [5, 5.41) is 3.34. The van der Waals surface area contributed by atoms with Gasteiger partial charge in [0.15, 0.2) is 11.5 Å². The average Bonchev–Trinajstić information content (AvgIpc) is 2.46. The van der Waals surface area contributed by atoms with Gasteiger partial charge in [-0.3, -0.25) is 0 Å². The molecule has 0 atom stereocenters. The van der Waals surface area contributed by atoms with Gasteiger partial charge >= 0.3 is 0 Å². The SMILES string of the molecule is COCCOCCCNc1ccc2c(c1)OCCO2. The molecule has 0 radical (unpaired) electrons. The van der Waals surface area contributed by atoms with Crippen molar-refractivity contribution in [2.75, 3.05) is 52.0 Å². The van der Waals surface area contributed by atoms with Gasteiger partial charge in [0.1, 0.15) is 13.2 Å². The molecular weight excluding hydrogens is 246 g/mol. The van der Waals surface area contributed by atoms with Crippen LogP contribution in [0.3, 0.4) is 0 Å². The Morgan fingerprint density at radius 2 is 1.95 bits per heavy atom. The number of fused-ring (bicyclic) bond motifs is 1. The predicted molar refractivity (Wildman–Crippen MR) is 73.2 cm³/mol. The molecule has 0 spiro atoms. The summed E-state index contributed by atoms with van der Waals surface area (Å²) < 4.78 is 21.3. The van der Waals surface area contributed by atoms with Gasteiger partial charge in [0.05, 0.1) is 13.2 Å². The first-order chi connectivity index (χ1) is 9.40. The Kier molecular flexibility index (Phi) is 5.78. The minimum Gasteiger partial charge on any atom is -0.486 e. The zero-order valence-corrected chi connectivity index (χ0v) is 11.3. The van der Waals surface area contributed by atoms with Gasteiger partial charge in [-0.25, -0.2) is 0 Å². The van der Waals surface area contributed by atoms with Crippen molar-refractivity contribution in [1.29, 1.82) is 0 Å². The first kappa shape index (κ1) is 14.0. The van der Waals surface area contributed by atoms with Crippen molar-refractivity contribution in [3.05, 3.63) is 18.2 Å². The minimum absolute atomic E-state index is 0.615. The van der Waals surface area contributed by atoms with Gasteiger partial charge in [-0.2, -0.15) is 0 Å². The Morgan fingerprint density at radius 1 is 1.11 bits per heavy atom. The molecule has 19 heavy (non-hydrogen) atoms. The van der Waals surface area contributed by atoms with Crippen LogP contribution in [0.5, 0.6) is 11.5 Å². The van der Waals surface area contributed by atoms with Crippen molar-refractivity contribution in [3.63, 3.8) is 0 Å². The summed E-state index contributed by atoms with van der Waals surface area (Å²) in [6.45, 7) is 4.14. The van der Waals surface area contributed by atoms with Crippen LogP contribution >= 0.6 is 0 Å². The summed E-state index contributed by atoms with van der Waals surface area (Å²) in [4.78, 5) is 0. The third kappa shape index (κ3) is 4.61. The molecular formula is C14H21NO4. The molecule has 1 N–H and O–H groups in total. The van der Waals surface area contributed by atoms with Crippen molar-refractivity contribution < 1.29 is 18.9 Å². The molecule has 0 saturated carbocycles. The second kappa shape index (κ2) is 7.86. The number of hydrogen-bond acceptors (Lipinski definition) is 5. The molecule has 0 aromatic heterocycles. The lowest BCUT2D eigenvalue weighted by Gasteiger charge is -2.19. The third-order valence-corrected chi connectivity index (χ3v) is 2.77. The van der Waals surface area contributed by atoms with E-state index in [4.69, 9.17) is 18.9 Å². The number of hydrogen-bond donors (Lipinski definition) is 1. The highest BCUT2D eigenvalue weighted by Gasteiger charge is 2.11. The Hall–Kier alpha value is -1.46. The van der Waals surface area contributed by atoms with Crippen molar-refractivity contribution in [2.24, 2.45) is 0 Å². The quantitative estimate of drug-likeness (QED) is 0.729. The van der Waals surface area contributed by atoms with E-state index in [2.05, 4.69) is 5.32 Å². The fourth-order valence-electron chi connectivity index (χ4n) is 1.80. The highest BCUT2D eigenvalue weighted by Crippen LogP contribution is 2.32. The molecule has 0 bridgehead atoms. The summed E-state index contributed by atoms with van der Waals surface area (Å²) in [6.07, 6.45) is 0.957. The molecule has 106 valence electrons. The van der Waals surface area contributed by atoms with Gasteiger partial charge in [0.2, 0.25) is 0 Å². The van der Waals surface area contributed by atoms with Crippen LogP contribution < -0.4 is 14.8 Å². The molecule has 0 amide bonds. The maximum Gasteiger partial charge on any atom is 0.163 e. The molecule has 1 heterocycles. The lowest BCUT2D eigenvalue weighted by molar-refractivity contribution is 0.0705. The minimum atomic E-state index is 0.615. The molecule has 0 unspecified atom stereocenters. The average molecular weight is 267 g/mol. The Labute approximate surface area is 113 Å². The summed E-state index contributed by atoms with van der Waals surface area (Å²) >= 11 is 0. The topological polar surface area (TPSA) is 49.0 Å².